The lowest BCUT2D eigenvalue weighted by molar-refractivity contribution is -0.181. The molecule has 1 amide bonds. The summed E-state index contributed by atoms with van der Waals surface area (Å²) in [6.45, 7) is 7.73. The number of esters is 1. The molecule has 7 nitrogen and oxygen atoms in total. The number of ketones is 1. The molecule has 4 aliphatic rings. The number of phenolic OH excluding ortho intramolecular Hbond substituents is 1. The number of fused-ring (bicyclic) bond motifs is 2. The lowest BCUT2D eigenvalue weighted by atomic mass is 9.59. The van der Waals surface area contributed by atoms with Crippen LogP contribution in [0.3, 0.4) is 0 Å². The molecule has 0 aromatic heterocycles. The predicted octanol–water partition coefficient (Wildman–Crippen LogP) is 3.26. The average Bonchev–Trinajstić information content (AvgIpc) is 3.44. The molecule has 0 radical (unpaired) electrons. The number of nitrogens with one attached hydrogen (secondary N) is 1. The average molecular weight is 480 g/mol. The molecule has 35 heavy (non-hydrogen) atoms. The standard InChI is InChI=1S/C28H33NO6/c1-15-6-5-7-20-25-27(4,35-25)17(3)23-21(14-18-9-11-19(30)12-10-18)29-26(33)28(20,23)34-22(31)13-8-16(2)24(15)32/h5,7-12,15,17,20-21,23,25,30H,6,13-14H2,1-4H3,(H,29,33)/b7-5+,16-8+. The molecule has 1 aromatic rings. The zero-order chi connectivity index (χ0) is 25.1. The third kappa shape index (κ3) is 3.71. The molecule has 186 valence electrons. The van der Waals surface area contributed by atoms with Crippen molar-refractivity contribution in [3.05, 3.63) is 53.6 Å². The van der Waals surface area contributed by atoms with Gasteiger partial charge in [-0.3, -0.25) is 14.4 Å². The smallest absolute Gasteiger partial charge is 0.310 e. The zero-order valence-corrected chi connectivity index (χ0v) is 20.6. The number of aromatic hydroxyl groups is 1. The molecule has 2 saturated heterocycles. The zero-order valence-electron chi connectivity index (χ0n) is 20.6. The summed E-state index contributed by atoms with van der Waals surface area (Å²) in [6, 6.07) is 6.68. The molecule has 1 spiro atoms. The van der Waals surface area contributed by atoms with Crippen molar-refractivity contribution < 1.29 is 29.0 Å². The van der Waals surface area contributed by atoms with Crippen LogP contribution >= 0.6 is 0 Å². The highest BCUT2D eigenvalue weighted by Gasteiger charge is 2.78. The van der Waals surface area contributed by atoms with E-state index < -0.39 is 23.1 Å². The second-order valence-corrected chi connectivity index (χ2v) is 10.8. The number of carbonyl (C=O) groups is 3. The molecule has 1 saturated carbocycles. The van der Waals surface area contributed by atoms with E-state index in [4.69, 9.17) is 9.47 Å². The lowest BCUT2D eigenvalue weighted by Gasteiger charge is -2.46. The van der Waals surface area contributed by atoms with Crippen LogP contribution in [0.2, 0.25) is 0 Å². The van der Waals surface area contributed by atoms with E-state index in [2.05, 4.69) is 19.2 Å². The Morgan fingerprint density at radius 2 is 1.86 bits per heavy atom. The van der Waals surface area contributed by atoms with Crippen molar-refractivity contribution in [2.24, 2.45) is 23.7 Å². The number of benzene rings is 1. The number of allylic oxidation sites excluding steroid dienone is 2. The van der Waals surface area contributed by atoms with Gasteiger partial charge in [-0.15, -0.1) is 0 Å². The Morgan fingerprint density at radius 3 is 2.57 bits per heavy atom. The fraction of sp³-hybridized carbons (Fsp3) is 0.536. The molecule has 1 aliphatic carbocycles. The van der Waals surface area contributed by atoms with Gasteiger partial charge in [-0.05, 0) is 55.9 Å². The van der Waals surface area contributed by atoms with Crippen molar-refractivity contribution in [3.8, 4) is 5.75 Å². The minimum atomic E-state index is -1.39. The third-order valence-electron chi connectivity index (χ3n) is 8.67. The van der Waals surface area contributed by atoms with E-state index in [9.17, 15) is 19.5 Å². The molecule has 2 N–H and O–H groups in total. The number of Topliss-reactive ketones (excluding diaryl/α,β-unsaturated/α-hetero) is 1. The van der Waals surface area contributed by atoms with Gasteiger partial charge in [-0.1, -0.05) is 44.2 Å². The summed E-state index contributed by atoms with van der Waals surface area (Å²) in [5.74, 6) is -1.65. The number of ether oxygens (including phenoxy) is 2. The van der Waals surface area contributed by atoms with Crippen molar-refractivity contribution in [2.75, 3.05) is 0 Å². The number of amides is 1. The first-order valence-corrected chi connectivity index (χ1v) is 12.4. The summed E-state index contributed by atoms with van der Waals surface area (Å²) in [4.78, 5) is 39.5. The highest BCUT2D eigenvalue weighted by atomic mass is 16.6. The second-order valence-electron chi connectivity index (χ2n) is 10.8. The summed E-state index contributed by atoms with van der Waals surface area (Å²) in [5, 5.41) is 12.8. The van der Waals surface area contributed by atoms with Gasteiger partial charge < -0.3 is 19.9 Å². The van der Waals surface area contributed by atoms with Gasteiger partial charge in [0.25, 0.3) is 5.91 Å². The normalized spacial score (nSPS) is 43.2. The third-order valence-corrected chi connectivity index (χ3v) is 8.67. The van der Waals surface area contributed by atoms with Crippen LogP contribution in [0.5, 0.6) is 5.75 Å². The quantitative estimate of drug-likeness (QED) is 0.383. The van der Waals surface area contributed by atoms with Gasteiger partial charge in [0.05, 0.1) is 24.0 Å². The first-order valence-electron chi connectivity index (χ1n) is 12.4. The Labute approximate surface area is 205 Å². The minimum absolute atomic E-state index is 0.00737. The lowest BCUT2D eigenvalue weighted by Crippen LogP contribution is -2.61. The maximum absolute atomic E-state index is 13.8. The van der Waals surface area contributed by atoms with E-state index in [0.717, 1.165) is 5.56 Å². The fourth-order valence-electron chi connectivity index (χ4n) is 6.51. The monoisotopic (exact) mass is 479 g/mol. The van der Waals surface area contributed by atoms with Gasteiger partial charge in [-0.25, -0.2) is 0 Å². The Kier molecular flexibility index (Phi) is 5.66. The largest absolute Gasteiger partial charge is 0.508 e. The van der Waals surface area contributed by atoms with Crippen LogP contribution < -0.4 is 5.32 Å². The molecule has 1 aromatic carbocycles. The Morgan fingerprint density at radius 1 is 1.14 bits per heavy atom. The van der Waals surface area contributed by atoms with Crippen molar-refractivity contribution in [2.45, 2.75) is 70.3 Å². The summed E-state index contributed by atoms with van der Waals surface area (Å²) in [6.07, 6.45) is 6.25. The summed E-state index contributed by atoms with van der Waals surface area (Å²) >= 11 is 0. The molecule has 3 aliphatic heterocycles. The Balaban J connectivity index is 1.57. The predicted molar refractivity (Wildman–Crippen MR) is 128 cm³/mol. The number of carbonyl (C=O) groups excluding carboxylic acids is 3. The Hall–Kier alpha value is -2.93. The van der Waals surface area contributed by atoms with Crippen molar-refractivity contribution >= 4 is 17.7 Å². The van der Waals surface area contributed by atoms with Gasteiger partial charge >= 0.3 is 5.97 Å². The van der Waals surface area contributed by atoms with E-state index in [1.165, 1.54) is 0 Å². The van der Waals surface area contributed by atoms with Crippen LogP contribution in [0.1, 0.15) is 46.1 Å². The van der Waals surface area contributed by atoms with Gasteiger partial charge in [0.1, 0.15) is 5.75 Å². The number of hydrogen-bond donors (Lipinski definition) is 2. The molecular formula is C28H33NO6. The van der Waals surface area contributed by atoms with Crippen molar-refractivity contribution in [1.29, 1.82) is 0 Å². The summed E-state index contributed by atoms with van der Waals surface area (Å²) < 4.78 is 12.4. The number of hydrogen-bond acceptors (Lipinski definition) is 6. The van der Waals surface area contributed by atoms with Crippen LogP contribution in [-0.2, 0) is 30.3 Å². The summed E-state index contributed by atoms with van der Waals surface area (Å²) in [5.41, 5.74) is -0.308. The highest BCUT2D eigenvalue weighted by molar-refractivity contribution is 5.97. The van der Waals surface area contributed by atoms with E-state index >= 15 is 0 Å². The van der Waals surface area contributed by atoms with Crippen molar-refractivity contribution in [3.63, 3.8) is 0 Å². The molecule has 7 heteroatoms. The van der Waals surface area contributed by atoms with Crippen LogP contribution in [0.15, 0.2) is 48.1 Å². The highest BCUT2D eigenvalue weighted by Crippen LogP contribution is 2.63. The topological polar surface area (TPSA) is 105 Å². The number of epoxide rings is 1. The molecule has 3 heterocycles. The molecule has 3 fully saturated rings. The van der Waals surface area contributed by atoms with Crippen LogP contribution in [0, 0.1) is 23.7 Å². The maximum Gasteiger partial charge on any atom is 0.310 e. The second kappa shape index (κ2) is 8.33. The van der Waals surface area contributed by atoms with Crippen LogP contribution in [-0.4, -0.2) is 46.1 Å². The van der Waals surface area contributed by atoms with Crippen LogP contribution in [0.4, 0.5) is 0 Å². The molecule has 5 rings (SSSR count). The molecule has 8 atom stereocenters. The first-order chi connectivity index (χ1) is 16.6. The first kappa shape index (κ1) is 23.8. The van der Waals surface area contributed by atoms with Crippen LogP contribution in [0.25, 0.3) is 0 Å². The Bertz CT molecular complexity index is 1120. The SMILES string of the molecule is C/C1=C\CC(=O)OC23C(=O)NC(Cc4ccc(O)cc4)C2C(C)C2(C)OC2C3/C=C/CC(C)C1=O. The number of phenols is 1. The molecule has 8 unspecified atom stereocenters. The van der Waals surface area contributed by atoms with Gasteiger partial charge in [0.15, 0.2) is 5.78 Å². The molecular weight excluding hydrogens is 446 g/mol. The fourth-order valence-corrected chi connectivity index (χ4v) is 6.51. The number of rotatable bonds is 2. The van der Waals surface area contributed by atoms with E-state index in [1.54, 1.807) is 25.1 Å². The maximum atomic E-state index is 13.8. The molecule has 0 bridgehead atoms. The van der Waals surface area contributed by atoms with E-state index in [0.29, 0.717) is 18.4 Å². The summed E-state index contributed by atoms with van der Waals surface area (Å²) in [7, 11) is 0. The van der Waals surface area contributed by atoms with Crippen molar-refractivity contribution in [1.82, 2.24) is 5.32 Å². The van der Waals surface area contributed by atoms with E-state index in [1.807, 2.05) is 31.2 Å². The van der Waals surface area contributed by atoms with E-state index in [-0.39, 0.29) is 53.8 Å². The van der Waals surface area contributed by atoms with Gasteiger partial charge in [0, 0.05) is 17.9 Å². The van der Waals surface area contributed by atoms with Gasteiger partial charge in [-0.2, -0.15) is 0 Å². The minimum Gasteiger partial charge on any atom is -0.508 e. The van der Waals surface area contributed by atoms with Gasteiger partial charge in [0.2, 0.25) is 5.60 Å².